The first kappa shape index (κ1) is 17.8. The number of furan rings is 1. The summed E-state index contributed by atoms with van der Waals surface area (Å²) in [5.74, 6) is 0.659. The van der Waals surface area contributed by atoms with Gasteiger partial charge in [-0.3, -0.25) is 4.79 Å². The summed E-state index contributed by atoms with van der Waals surface area (Å²) >= 11 is 0. The Morgan fingerprint density at radius 2 is 1.79 bits per heavy atom. The topological polar surface area (TPSA) is 51.5 Å². The Balaban J connectivity index is 1.34. The lowest BCUT2D eigenvalue weighted by atomic mass is 9.91. The molecule has 0 unspecified atom stereocenters. The van der Waals surface area contributed by atoms with Crippen LogP contribution in [0.2, 0.25) is 0 Å². The highest BCUT2D eigenvalue weighted by Gasteiger charge is 2.20. The molecule has 1 aliphatic carbocycles. The molecule has 5 rings (SSSR count). The number of carbonyl (C=O) groups is 1. The van der Waals surface area contributed by atoms with Crippen LogP contribution in [0, 0.1) is 0 Å². The van der Waals surface area contributed by atoms with Crippen LogP contribution in [0.25, 0.3) is 21.9 Å². The second kappa shape index (κ2) is 7.28. The Bertz CT molecular complexity index is 1210. The molecule has 1 N–H and O–H groups in total. The number of amides is 1. The quantitative estimate of drug-likeness (QED) is 0.478. The van der Waals surface area contributed by atoms with Crippen molar-refractivity contribution in [2.24, 2.45) is 0 Å². The van der Waals surface area contributed by atoms with E-state index in [-0.39, 0.29) is 5.91 Å². The van der Waals surface area contributed by atoms with E-state index in [9.17, 15) is 4.79 Å². The molecule has 0 aliphatic heterocycles. The summed E-state index contributed by atoms with van der Waals surface area (Å²) in [6.07, 6.45) is 3.91. The van der Waals surface area contributed by atoms with E-state index in [0.29, 0.717) is 5.69 Å². The monoisotopic (exact) mass is 385 g/mol. The fourth-order valence-electron chi connectivity index (χ4n) is 4.15. The van der Waals surface area contributed by atoms with Gasteiger partial charge in [-0.1, -0.05) is 30.3 Å². The van der Waals surface area contributed by atoms with E-state index in [1.807, 2.05) is 54.6 Å². The molecule has 0 radical (unpaired) electrons. The smallest absolute Gasteiger partial charge is 0.265 e. The standard InChI is InChI=1S/C25H23NO3/c1-16(28-22-12-6-8-17-7-2-3-9-19(17)22)25(27)26-18-13-14-21-20-10-4-5-11-23(20)29-24(21)15-18/h4-6,8,10-16H,2-3,7,9H2,1H3,(H,26,27)/t16-/m0/s1. The van der Waals surface area contributed by atoms with Gasteiger partial charge in [0.05, 0.1) is 0 Å². The van der Waals surface area contributed by atoms with Crippen molar-refractivity contribution in [3.05, 3.63) is 71.8 Å². The SMILES string of the molecule is C[C@H](Oc1cccc2c1CCCC2)C(=O)Nc1ccc2c(c1)oc1ccccc12. The van der Waals surface area contributed by atoms with E-state index in [1.165, 1.54) is 24.0 Å². The third kappa shape index (κ3) is 3.35. The number of benzene rings is 3. The van der Waals surface area contributed by atoms with Crippen molar-refractivity contribution < 1.29 is 13.9 Å². The third-order valence-electron chi connectivity index (χ3n) is 5.67. The summed E-state index contributed by atoms with van der Waals surface area (Å²) in [5.41, 5.74) is 4.90. The van der Waals surface area contributed by atoms with E-state index in [1.54, 1.807) is 6.92 Å². The molecule has 1 amide bonds. The molecular formula is C25H23NO3. The van der Waals surface area contributed by atoms with Crippen molar-refractivity contribution in [3.63, 3.8) is 0 Å². The Labute approximate surface area is 169 Å². The number of aryl methyl sites for hydroxylation is 1. The van der Waals surface area contributed by atoms with Gasteiger partial charge in [-0.05, 0) is 68.0 Å². The van der Waals surface area contributed by atoms with Gasteiger partial charge in [0.25, 0.3) is 5.91 Å². The van der Waals surface area contributed by atoms with Crippen LogP contribution in [0.1, 0.15) is 30.9 Å². The summed E-state index contributed by atoms with van der Waals surface area (Å²) < 4.78 is 12.0. The number of hydrogen-bond donors (Lipinski definition) is 1. The van der Waals surface area contributed by atoms with Crippen molar-refractivity contribution in [2.45, 2.75) is 38.7 Å². The van der Waals surface area contributed by atoms with E-state index in [0.717, 1.165) is 40.5 Å². The molecule has 1 aliphatic rings. The number of rotatable bonds is 4. The van der Waals surface area contributed by atoms with Crippen LogP contribution in [0.5, 0.6) is 5.75 Å². The Kier molecular flexibility index (Phi) is 4.47. The summed E-state index contributed by atoms with van der Waals surface area (Å²) in [5, 5.41) is 5.07. The number of carbonyl (C=O) groups excluding carboxylic acids is 1. The largest absolute Gasteiger partial charge is 0.481 e. The first-order valence-corrected chi connectivity index (χ1v) is 10.2. The zero-order valence-corrected chi connectivity index (χ0v) is 16.4. The molecule has 0 spiro atoms. The second-order valence-corrected chi connectivity index (χ2v) is 7.66. The molecule has 0 saturated heterocycles. The zero-order chi connectivity index (χ0) is 19.8. The molecule has 1 aromatic heterocycles. The van der Waals surface area contributed by atoms with E-state index in [2.05, 4.69) is 11.4 Å². The summed E-state index contributed by atoms with van der Waals surface area (Å²) in [4.78, 5) is 12.7. The van der Waals surface area contributed by atoms with Crippen LogP contribution in [-0.4, -0.2) is 12.0 Å². The van der Waals surface area contributed by atoms with Gasteiger partial charge in [-0.25, -0.2) is 0 Å². The van der Waals surface area contributed by atoms with Crippen LogP contribution in [0.3, 0.4) is 0 Å². The normalized spacial score (nSPS) is 14.5. The van der Waals surface area contributed by atoms with E-state index in [4.69, 9.17) is 9.15 Å². The maximum atomic E-state index is 12.7. The number of fused-ring (bicyclic) bond motifs is 4. The molecule has 1 heterocycles. The predicted molar refractivity (Wildman–Crippen MR) is 116 cm³/mol. The maximum Gasteiger partial charge on any atom is 0.265 e. The molecule has 4 nitrogen and oxygen atoms in total. The fourth-order valence-corrected chi connectivity index (χ4v) is 4.15. The number of nitrogens with one attached hydrogen (secondary N) is 1. The van der Waals surface area contributed by atoms with Gasteiger partial charge in [0.15, 0.2) is 6.10 Å². The average molecular weight is 385 g/mol. The first-order chi connectivity index (χ1) is 14.2. The fraction of sp³-hybridized carbons (Fsp3) is 0.240. The van der Waals surface area contributed by atoms with Crippen molar-refractivity contribution in [1.29, 1.82) is 0 Å². The third-order valence-corrected chi connectivity index (χ3v) is 5.67. The summed E-state index contributed by atoms with van der Waals surface area (Å²) in [6.45, 7) is 1.79. The highest BCUT2D eigenvalue weighted by molar-refractivity contribution is 6.06. The average Bonchev–Trinajstić information content (AvgIpc) is 3.11. The summed E-state index contributed by atoms with van der Waals surface area (Å²) in [6, 6.07) is 19.8. The first-order valence-electron chi connectivity index (χ1n) is 10.2. The van der Waals surface area contributed by atoms with Crippen molar-refractivity contribution in [2.75, 3.05) is 5.32 Å². The van der Waals surface area contributed by atoms with Crippen molar-refractivity contribution in [1.82, 2.24) is 0 Å². The lowest BCUT2D eigenvalue weighted by Crippen LogP contribution is -2.30. The number of anilines is 1. The molecule has 4 aromatic rings. The van der Waals surface area contributed by atoms with E-state index >= 15 is 0 Å². The van der Waals surface area contributed by atoms with Gasteiger partial charge in [0.1, 0.15) is 16.9 Å². The molecule has 0 bridgehead atoms. The van der Waals surface area contributed by atoms with E-state index < -0.39 is 6.10 Å². The minimum atomic E-state index is -0.588. The molecule has 0 fully saturated rings. The Hall–Kier alpha value is -3.27. The van der Waals surface area contributed by atoms with Crippen LogP contribution < -0.4 is 10.1 Å². The molecule has 1 atom stereocenters. The van der Waals surface area contributed by atoms with Crippen LogP contribution in [0.15, 0.2) is 65.1 Å². The Morgan fingerprint density at radius 3 is 2.72 bits per heavy atom. The maximum absolute atomic E-state index is 12.7. The number of hydrogen-bond acceptors (Lipinski definition) is 3. The molecule has 146 valence electrons. The predicted octanol–water partition coefficient (Wildman–Crippen LogP) is 5.87. The summed E-state index contributed by atoms with van der Waals surface area (Å²) in [7, 11) is 0. The van der Waals surface area contributed by atoms with Gasteiger partial charge in [-0.15, -0.1) is 0 Å². The second-order valence-electron chi connectivity index (χ2n) is 7.66. The van der Waals surface area contributed by atoms with Gasteiger partial charge >= 0.3 is 0 Å². The minimum absolute atomic E-state index is 0.172. The van der Waals surface area contributed by atoms with Crippen molar-refractivity contribution >= 4 is 33.5 Å². The van der Waals surface area contributed by atoms with Crippen LogP contribution >= 0.6 is 0 Å². The van der Waals surface area contributed by atoms with Gasteiger partial charge in [0, 0.05) is 22.5 Å². The number of ether oxygens (including phenoxy) is 1. The lowest BCUT2D eigenvalue weighted by Gasteiger charge is -2.22. The van der Waals surface area contributed by atoms with Crippen LogP contribution in [-0.2, 0) is 17.6 Å². The van der Waals surface area contributed by atoms with Gasteiger partial charge in [0.2, 0.25) is 0 Å². The van der Waals surface area contributed by atoms with Crippen LogP contribution in [0.4, 0.5) is 5.69 Å². The van der Waals surface area contributed by atoms with Gasteiger partial charge in [-0.2, -0.15) is 0 Å². The molecule has 3 aromatic carbocycles. The highest BCUT2D eigenvalue weighted by atomic mass is 16.5. The number of para-hydroxylation sites is 1. The highest BCUT2D eigenvalue weighted by Crippen LogP contribution is 2.32. The lowest BCUT2D eigenvalue weighted by molar-refractivity contribution is -0.122. The molecule has 4 heteroatoms. The molecule has 29 heavy (non-hydrogen) atoms. The van der Waals surface area contributed by atoms with Crippen molar-refractivity contribution in [3.8, 4) is 5.75 Å². The molecular weight excluding hydrogens is 362 g/mol. The Morgan fingerprint density at radius 1 is 0.966 bits per heavy atom. The van der Waals surface area contributed by atoms with Gasteiger partial charge < -0.3 is 14.5 Å². The zero-order valence-electron chi connectivity index (χ0n) is 16.4. The minimum Gasteiger partial charge on any atom is -0.481 e. The molecule has 0 saturated carbocycles.